The van der Waals surface area contributed by atoms with Crippen LogP contribution in [-0.2, 0) is 9.53 Å². The zero-order valence-electron chi connectivity index (χ0n) is 27.0. The van der Waals surface area contributed by atoms with Crippen LogP contribution in [0.15, 0.2) is 53.5 Å². The lowest BCUT2D eigenvalue weighted by Crippen LogP contribution is -2.62. The molecule has 0 bridgehead atoms. The zero-order chi connectivity index (χ0) is 33.0. The first-order valence-electron chi connectivity index (χ1n) is 16.7. The number of anilines is 3. The Morgan fingerprint density at radius 3 is 2.50 bits per heavy atom. The molecule has 4 fully saturated rings. The molecule has 4 aliphatic rings. The molecular formula is C36H38FN7O3S. The van der Waals surface area contributed by atoms with Gasteiger partial charge >= 0.3 is 0 Å². The molecule has 12 heteroatoms. The fourth-order valence-corrected chi connectivity index (χ4v) is 8.23. The van der Waals surface area contributed by atoms with Crippen molar-refractivity contribution in [2.24, 2.45) is 5.41 Å². The third-order valence-electron chi connectivity index (χ3n) is 10.5. The highest BCUT2D eigenvalue weighted by atomic mass is 32.1. The molecule has 5 heterocycles. The van der Waals surface area contributed by atoms with Gasteiger partial charge in [0.15, 0.2) is 5.13 Å². The summed E-state index contributed by atoms with van der Waals surface area (Å²) in [6, 6.07) is 14.5. The van der Waals surface area contributed by atoms with Crippen LogP contribution in [0.2, 0.25) is 0 Å². The molecule has 3 aliphatic heterocycles. The lowest BCUT2D eigenvalue weighted by Gasteiger charge is -2.52. The van der Waals surface area contributed by atoms with Crippen molar-refractivity contribution >= 4 is 44.5 Å². The van der Waals surface area contributed by atoms with E-state index in [-0.39, 0.29) is 28.7 Å². The molecular weight excluding hydrogens is 630 g/mol. The molecule has 48 heavy (non-hydrogen) atoms. The lowest BCUT2D eigenvalue weighted by molar-refractivity contribution is -0.151. The summed E-state index contributed by atoms with van der Waals surface area (Å²) >= 11 is 1.28. The highest BCUT2D eigenvalue weighted by Gasteiger charge is 2.45. The molecule has 1 spiro atoms. The van der Waals surface area contributed by atoms with Crippen LogP contribution in [0.3, 0.4) is 0 Å². The van der Waals surface area contributed by atoms with Crippen LogP contribution in [0, 0.1) is 22.6 Å². The van der Waals surface area contributed by atoms with Crippen LogP contribution >= 0.6 is 11.3 Å². The highest BCUT2D eigenvalue weighted by molar-refractivity contribution is 7.16. The van der Waals surface area contributed by atoms with E-state index in [1.54, 1.807) is 12.1 Å². The van der Waals surface area contributed by atoms with Crippen LogP contribution in [0.5, 0.6) is 0 Å². The molecule has 10 nitrogen and oxygen atoms in total. The molecule has 2 aromatic heterocycles. The average Bonchev–Trinajstić information content (AvgIpc) is 3.85. The van der Waals surface area contributed by atoms with Crippen molar-refractivity contribution in [2.75, 3.05) is 75.9 Å². The summed E-state index contributed by atoms with van der Waals surface area (Å²) < 4.78 is 21.0. The second-order valence-corrected chi connectivity index (χ2v) is 14.6. The number of nitrogens with zero attached hydrogens (tertiary/aromatic N) is 7. The van der Waals surface area contributed by atoms with Gasteiger partial charge < -0.3 is 24.0 Å². The number of pyridine rings is 1. The molecule has 0 unspecified atom stereocenters. The fourth-order valence-electron chi connectivity index (χ4n) is 7.37. The normalized spacial score (nSPS) is 19.4. The Morgan fingerprint density at radius 1 is 1.08 bits per heavy atom. The first-order valence-corrected chi connectivity index (χ1v) is 17.5. The standard InChI is InChI=1S/C36H38FN7O3S/c1-40(35-39-33(31(19-38)48-35)24-2-4-25(37)5-3-24)30-20-44(26-6-7-26)34(46)28-9-8-27(18-29(28)30)42-14-12-41(13-15-42)21-32(45)43-22-36(23-43)10-16-47-17-11-36/h2-5,8-9,18,20,26H,6-7,10-17,21-23H2,1H3. The summed E-state index contributed by atoms with van der Waals surface area (Å²) in [5, 5.41) is 12.0. The van der Waals surface area contributed by atoms with E-state index >= 15 is 0 Å². The number of amides is 1. The van der Waals surface area contributed by atoms with E-state index in [2.05, 4.69) is 21.9 Å². The van der Waals surface area contributed by atoms with E-state index in [4.69, 9.17) is 9.72 Å². The Morgan fingerprint density at radius 2 is 1.81 bits per heavy atom. The summed E-state index contributed by atoms with van der Waals surface area (Å²) in [6.07, 6.45) is 5.97. The number of likely N-dealkylation sites (tertiary alicyclic amines) is 1. The Hall–Kier alpha value is -4.31. The number of piperazine rings is 1. The third kappa shape index (κ3) is 5.74. The Bertz CT molecular complexity index is 1960. The number of rotatable bonds is 7. The predicted molar refractivity (Wildman–Crippen MR) is 184 cm³/mol. The van der Waals surface area contributed by atoms with Crippen molar-refractivity contribution < 1.29 is 13.9 Å². The van der Waals surface area contributed by atoms with Gasteiger partial charge in [0.2, 0.25) is 5.91 Å². The summed E-state index contributed by atoms with van der Waals surface area (Å²) in [5.41, 5.74) is 3.33. The molecule has 248 valence electrons. The number of aromatic nitrogens is 2. The van der Waals surface area contributed by atoms with Crippen LogP contribution in [0.4, 0.5) is 20.9 Å². The topological polar surface area (TPSA) is 97.9 Å². The van der Waals surface area contributed by atoms with Crippen molar-refractivity contribution in [3.05, 3.63) is 69.7 Å². The number of fused-ring (bicyclic) bond motifs is 1. The SMILES string of the molecule is CN(c1nc(-c2ccc(F)cc2)c(C#N)s1)c1cn(C2CC2)c(=O)c2ccc(N3CCN(CC(=O)N4CC5(CCOCC5)C4)CC3)cc12. The summed E-state index contributed by atoms with van der Waals surface area (Å²) in [4.78, 5) is 40.5. The Kier molecular flexibility index (Phi) is 7.94. The number of benzene rings is 2. The van der Waals surface area contributed by atoms with Gasteiger partial charge in [-0.1, -0.05) is 11.3 Å². The maximum atomic E-state index is 13.7. The number of hydrogen-bond donors (Lipinski definition) is 0. The van der Waals surface area contributed by atoms with E-state index in [9.17, 15) is 19.2 Å². The van der Waals surface area contributed by atoms with Crippen molar-refractivity contribution in [2.45, 2.75) is 31.7 Å². The number of ether oxygens (including phenoxy) is 1. The largest absolute Gasteiger partial charge is 0.381 e. The first kappa shape index (κ1) is 31.0. The van der Waals surface area contributed by atoms with Gasteiger partial charge in [0.05, 0.1) is 12.2 Å². The third-order valence-corrected chi connectivity index (χ3v) is 11.5. The zero-order valence-corrected chi connectivity index (χ0v) is 27.8. The van der Waals surface area contributed by atoms with Gasteiger partial charge in [-0.05, 0) is 68.1 Å². The van der Waals surface area contributed by atoms with Crippen LogP contribution in [0.25, 0.3) is 22.0 Å². The van der Waals surface area contributed by atoms with Gasteiger partial charge in [-0.25, -0.2) is 9.37 Å². The van der Waals surface area contributed by atoms with E-state index in [0.29, 0.717) is 33.2 Å². The van der Waals surface area contributed by atoms with Gasteiger partial charge in [-0.2, -0.15) is 5.26 Å². The number of hydrogen-bond acceptors (Lipinski definition) is 9. The maximum absolute atomic E-state index is 13.7. The van der Waals surface area contributed by atoms with Crippen molar-refractivity contribution in [1.82, 2.24) is 19.4 Å². The molecule has 1 aliphatic carbocycles. The monoisotopic (exact) mass is 667 g/mol. The lowest BCUT2D eigenvalue weighted by atomic mass is 9.73. The van der Waals surface area contributed by atoms with E-state index < -0.39 is 0 Å². The van der Waals surface area contributed by atoms with Crippen molar-refractivity contribution in [3.63, 3.8) is 0 Å². The van der Waals surface area contributed by atoms with E-state index in [0.717, 1.165) is 94.9 Å². The molecule has 3 saturated heterocycles. The number of nitriles is 1. The van der Waals surface area contributed by atoms with Gasteiger partial charge in [0, 0.05) is 99.2 Å². The minimum Gasteiger partial charge on any atom is -0.381 e. The van der Waals surface area contributed by atoms with E-state index in [1.807, 2.05) is 39.7 Å². The number of halogens is 1. The highest BCUT2D eigenvalue weighted by Crippen LogP contribution is 2.41. The maximum Gasteiger partial charge on any atom is 0.258 e. The second kappa shape index (κ2) is 12.3. The van der Waals surface area contributed by atoms with Crippen molar-refractivity contribution in [1.29, 1.82) is 5.26 Å². The van der Waals surface area contributed by atoms with Crippen LogP contribution in [0.1, 0.15) is 36.6 Å². The molecule has 1 amide bonds. The van der Waals surface area contributed by atoms with Crippen molar-refractivity contribution in [3.8, 4) is 17.3 Å². The molecule has 4 aromatic rings. The van der Waals surface area contributed by atoms with Crippen LogP contribution < -0.4 is 15.4 Å². The first-order chi connectivity index (χ1) is 23.3. The minimum absolute atomic E-state index is 0.00286. The summed E-state index contributed by atoms with van der Waals surface area (Å²) in [7, 11) is 1.91. The van der Waals surface area contributed by atoms with Gasteiger partial charge in [-0.15, -0.1) is 0 Å². The van der Waals surface area contributed by atoms with Gasteiger partial charge in [0.25, 0.3) is 5.56 Å². The van der Waals surface area contributed by atoms with Crippen LogP contribution in [-0.4, -0.2) is 91.3 Å². The van der Waals surface area contributed by atoms with E-state index in [1.165, 1.54) is 23.5 Å². The number of thiazole rings is 1. The predicted octanol–water partition coefficient (Wildman–Crippen LogP) is 5.00. The summed E-state index contributed by atoms with van der Waals surface area (Å²) in [6.45, 7) is 6.91. The van der Waals surface area contributed by atoms with Gasteiger partial charge in [0.1, 0.15) is 22.5 Å². The molecule has 8 rings (SSSR count). The fraction of sp³-hybridized carbons (Fsp3) is 0.444. The average molecular weight is 668 g/mol. The Labute approximate surface area is 282 Å². The van der Waals surface area contributed by atoms with Gasteiger partial charge in [-0.3, -0.25) is 14.5 Å². The molecule has 0 N–H and O–H groups in total. The molecule has 0 atom stereocenters. The molecule has 0 radical (unpaired) electrons. The number of carbonyl (C=O) groups excluding carboxylic acids is 1. The second-order valence-electron chi connectivity index (χ2n) is 13.7. The molecule has 2 aromatic carbocycles. The smallest absolute Gasteiger partial charge is 0.258 e. The minimum atomic E-state index is -0.348. The quantitative estimate of drug-likeness (QED) is 0.272. The summed E-state index contributed by atoms with van der Waals surface area (Å²) in [5.74, 6) is -0.130. The Balaban J connectivity index is 1.02. The number of carbonyl (C=O) groups is 1. The molecule has 1 saturated carbocycles.